The standard InChI is InChI=1S/C20H34N4OS.HI/c1-3-13-24-14-10-19(11-15-24)23-20(21-4-2)22-12-16-26(25)17-18-8-6-5-7-9-18;/h5-9,19H,3-4,10-17H2,1-2H3,(H2,21,22,23);1H. The van der Waals surface area contributed by atoms with Crippen molar-refractivity contribution in [2.24, 2.45) is 4.99 Å². The largest absolute Gasteiger partial charge is 0.357 e. The lowest BCUT2D eigenvalue weighted by Gasteiger charge is -2.32. The lowest BCUT2D eigenvalue weighted by Crippen LogP contribution is -2.48. The van der Waals surface area contributed by atoms with Crippen molar-refractivity contribution in [1.82, 2.24) is 15.5 Å². The molecule has 0 spiro atoms. The van der Waals surface area contributed by atoms with Crippen molar-refractivity contribution in [3.05, 3.63) is 35.9 Å². The molecule has 0 bridgehead atoms. The van der Waals surface area contributed by atoms with E-state index in [1.54, 1.807) is 0 Å². The summed E-state index contributed by atoms with van der Waals surface area (Å²) in [7, 11) is -0.875. The van der Waals surface area contributed by atoms with E-state index in [-0.39, 0.29) is 24.0 Å². The van der Waals surface area contributed by atoms with Crippen molar-refractivity contribution >= 4 is 40.7 Å². The minimum Gasteiger partial charge on any atom is -0.357 e. The summed E-state index contributed by atoms with van der Waals surface area (Å²) in [5.41, 5.74) is 1.12. The Labute approximate surface area is 184 Å². The Morgan fingerprint density at radius 1 is 1.22 bits per heavy atom. The van der Waals surface area contributed by atoms with Gasteiger partial charge in [0.15, 0.2) is 5.96 Å². The quantitative estimate of drug-likeness (QED) is 0.307. The summed E-state index contributed by atoms with van der Waals surface area (Å²) in [5, 5.41) is 6.87. The van der Waals surface area contributed by atoms with Crippen LogP contribution in [0.4, 0.5) is 0 Å². The first kappa shape index (κ1) is 24.4. The van der Waals surface area contributed by atoms with Gasteiger partial charge in [0.05, 0.1) is 6.54 Å². The molecule has 0 amide bonds. The molecule has 7 heteroatoms. The van der Waals surface area contributed by atoms with E-state index in [1.165, 1.54) is 13.0 Å². The SMILES string of the molecule is CCCN1CCC(NC(=NCCS(=O)Cc2ccccc2)NCC)CC1.I. The highest BCUT2D eigenvalue weighted by Crippen LogP contribution is 2.10. The highest BCUT2D eigenvalue weighted by molar-refractivity contribution is 14.0. The molecule has 1 atom stereocenters. The summed E-state index contributed by atoms with van der Waals surface area (Å²) >= 11 is 0. The van der Waals surface area contributed by atoms with Crippen molar-refractivity contribution in [1.29, 1.82) is 0 Å². The van der Waals surface area contributed by atoms with Gasteiger partial charge in [-0.05, 0) is 38.3 Å². The van der Waals surface area contributed by atoms with Gasteiger partial charge >= 0.3 is 0 Å². The summed E-state index contributed by atoms with van der Waals surface area (Å²) in [4.78, 5) is 7.17. The average molecular weight is 506 g/mol. The third kappa shape index (κ3) is 9.89. The zero-order chi connectivity index (χ0) is 18.6. The second-order valence-corrected chi connectivity index (χ2v) is 8.37. The van der Waals surface area contributed by atoms with E-state index < -0.39 is 10.8 Å². The van der Waals surface area contributed by atoms with Gasteiger partial charge in [0.1, 0.15) is 0 Å². The number of benzene rings is 1. The van der Waals surface area contributed by atoms with E-state index in [0.717, 1.165) is 44.0 Å². The number of piperidine rings is 1. The molecular weight excluding hydrogens is 471 g/mol. The van der Waals surface area contributed by atoms with Crippen molar-refractivity contribution in [3.63, 3.8) is 0 Å². The molecule has 2 N–H and O–H groups in total. The van der Waals surface area contributed by atoms with Gasteiger partial charge in [0.2, 0.25) is 0 Å². The third-order valence-electron chi connectivity index (χ3n) is 4.57. The van der Waals surface area contributed by atoms with Crippen LogP contribution >= 0.6 is 24.0 Å². The molecule has 2 rings (SSSR count). The Bertz CT molecular complexity index is 562. The first-order valence-corrected chi connectivity index (χ1v) is 11.4. The van der Waals surface area contributed by atoms with Crippen LogP contribution in [0.15, 0.2) is 35.3 Å². The fourth-order valence-electron chi connectivity index (χ4n) is 3.22. The molecule has 1 aliphatic rings. The number of likely N-dealkylation sites (tertiary alicyclic amines) is 1. The molecule has 1 fully saturated rings. The van der Waals surface area contributed by atoms with Gasteiger partial charge in [-0.25, -0.2) is 0 Å². The van der Waals surface area contributed by atoms with Crippen molar-refractivity contribution in [3.8, 4) is 0 Å². The molecule has 1 heterocycles. The van der Waals surface area contributed by atoms with Crippen LogP contribution in [0.1, 0.15) is 38.7 Å². The van der Waals surface area contributed by atoms with E-state index in [2.05, 4.69) is 34.4 Å². The summed E-state index contributed by atoms with van der Waals surface area (Å²) in [5.74, 6) is 2.06. The van der Waals surface area contributed by atoms with E-state index in [1.807, 2.05) is 30.3 Å². The monoisotopic (exact) mass is 506 g/mol. The fraction of sp³-hybridized carbons (Fsp3) is 0.650. The van der Waals surface area contributed by atoms with Crippen LogP contribution in [-0.4, -0.2) is 59.6 Å². The number of hydrogen-bond acceptors (Lipinski definition) is 3. The van der Waals surface area contributed by atoms with Gasteiger partial charge in [0, 0.05) is 48.0 Å². The van der Waals surface area contributed by atoms with Gasteiger partial charge in [-0.2, -0.15) is 0 Å². The molecule has 5 nitrogen and oxygen atoms in total. The Balaban J connectivity index is 0.00000364. The second-order valence-electron chi connectivity index (χ2n) is 6.79. The lowest BCUT2D eigenvalue weighted by molar-refractivity contribution is 0.206. The van der Waals surface area contributed by atoms with Crippen molar-refractivity contribution < 1.29 is 4.21 Å². The average Bonchev–Trinajstić information content (AvgIpc) is 2.64. The van der Waals surface area contributed by atoms with Gasteiger partial charge in [-0.1, -0.05) is 37.3 Å². The van der Waals surface area contributed by atoms with Crippen LogP contribution in [0.5, 0.6) is 0 Å². The van der Waals surface area contributed by atoms with Gasteiger partial charge in [-0.15, -0.1) is 24.0 Å². The number of hydrogen-bond donors (Lipinski definition) is 2. The van der Waals surface area contributed by atoms with Gasteiger partial charge in [-0.3, -0.25) is 9.20 Å². The normalized spacial score (nSPS) is 17.2. The Kier molecular flexibility index (Phi) is 12.9. The minimum absolute atomic E-state index is 0. The van der Waals surface area contributed by atoms with E-state index in [0.29, 0.717) is 24.1 Å². The summed E-state index contributed by atoms with van der Waals surface area (Å²) in [6.45, 7) is 9.26. The van der Waals surface area contributed by atoms with E-state index >= 15 is 0 Å². The molecule has 0 aromatic heterocycles. The molecule has 1 aliphatic heterocycles. The second kappa shape index (κ2) is 14.3. The fourth-order valence-corrected chi connectivity index (χ4v) is 4.23. The molecule has 27 heavy (non-hydrogen) atoms. The van der Waals surface area contributed by atoms with Crippen molar-refractivity contribution in [2.75, 3.05) is 38.5 Å². The predicted molar refractivity (Wildman–Crippen MR) is 127 cm³/mol. The molecule has 0 radical (unpaired) electrons. The lowest BCUT2D eigenvalue weighted by atomic mass is 10.1. The number of rotatable bonds is 9. The Morgan fingerprint density at radius 3 is 2.56 bits per heavy atom. The van der Waals surface area contributed by atoms with Crippen LogP contribution in [0, 0.1) is 0 Å². The smallest absolute Gasteiger partial charge is 0.191 e. The number of nitrogens with one attached hydrogen (secondary N) is 2. The molecule has 0 saturated carbocycles. The van der Waals surface area contributed by atoms with E-state index in [9.17, 15) is 4.21 Å². The maximum atomic E-state index is 12.2. The number of guanidine groups is 1. The van der Waals surface area contributed by atoms with Gasteiger partial charge < -0.3 is 15.5 Å². The van der Waals surface area contributed by atoms with Gasteiger partial charge in [0.25, 0.3) is 0 Å². The van der Waals surface area contributed by atoms with Crippen LogP contribution in [0.25, 0.3) is 0 Å². The zero-order valence-electron chi connectivity index (χ0n) is 16.7. The molecule has 1 aromatic rings. The first-order chi connectivity index (χ1) is 12.7. The molecule has 0 aliphatic carbocycles. The zero-order valence-corrected chi connectivity index (χ0v) is 19.8. The molecule has 154 valence electrons. The maximum absolute atomic E-state index is 12.2. The third-order valence-corrected chi connectivity index (χ3v) is 5.87. The number of nitrogens with zero attached hydrogens (tertiary/aromatic N) is 2. The topological polar surface area (TPSA) is 56.7 Å². The maximum Gasteiger partial charge on any atom is 0.191 e. The Morgan fingerprint density at radius 2 is 1.93 bits per heavy atom. The summed E-state index contributed by atoms with van der Waals surface area (Å²) in [6, 6.07) is 10.5. The first-order valence-electron chi connectivity index (χ1n) is 9.87. The summed E-state index contributed by atoms with van der Waals surface area (Å²) in [6.07, 6.45) is 3.54. The minimum atomic E-state index is -0.875. The van der Waals surface area contributed by atoms with E-state index in [4.69, 9.17) is 0 Å². The molecular formula is C20H35IN4OS. The van der Waals surface area contributed by atoms with Crippen molar-refractivity contribution in [2.45, 2.75) is 44.9 Å². The van der Waals surface area contributed by atoms with Crippen LogP contribution in [-0.2, 0) is 16.6 Å². The number of halogens is 1. The molecule has 1 saturated heterocycles. The highest BCUT2D eigenvalue weighted by Gasteiger charge is 2.19. The molecule has 1 unspecified atom stereocenters. The predicted octanol–water partition coefficient (Wildman–Crippen LogP) is 2.98. The van der Waals surface area contributed by atoms with Crippen LogP contribution in [0.3, 0.4) is 0 Å². The molecule has 1 aromatic carbocycles. The number of aliphatic imine (C=N–C) groups is 1. The van der Waals surface area contributed by atoms with Crippen LogP contribution in [0.2, 0.25) is 0 Å². The summed E-state index contributed by atoms with van der Waals surface area (Å²) < 4.78 is 12.2. The Hall–Kier alpha value is -0.670. The van der Waals surface area contributed by atoms with Crippen LogP contribution < -0.4 is 10.6 Å². The highest BCUT2D eigenvalue weighted by atomic mass is 127.